The third-order valence-electron chi connectivity index (χ3n) is 10.6. The molecule has 0 unspecified atom stereocenters. The molecule has 246 valence electrons. The van der Waals surface area contributed by atoms with E-state index in [4.69, 9.17) is 15.0 Å². The van der Waals surface area contributed by atoms with E-state index in [-0.39, 0.29) is 0 Å². The Morgan fingerprint density at radius 3 is 1.68 bits per heavy atom. The molecule has 0 radical (unpaired) electrons. The van der Waals surface area contributed by atoms with Gasteiger partial charge in [0, 0.05) is 32.8 Å². The fourth-order valence-electron chi connectivity index (χ4n) is 8.19. The van der Waals surface area contributed by atoms with E-state index in [0.29, 0.717) is 17.5 Å². The van der Waals surface area contributed by atoms with Crippen LogP contribution in [0.25, 0.3) is 105 Å². The predicted molar refractivity (Wildman–Crippen MR) is 220 cm³/mol. The van der Waals surface area contributed by atoms with Crippen LogP contribution in [0.4, 0.5) is 0 Å². The van der Waals surface area contributed by atoms with Gasteiger partial charge in [-0.15, -0.1) is 0 Å². The summed E-state index contributed by atoms with van der Waals surface area (Å²) < 4.78 is 2.38. The minimum atomic E-state index is 0.640. The van der Waals surface area contributed by atoms with Gasteiger partial charge in [0.05, 0.1) is 16.7 Å². The summed E-state index contributed by atoms with van der Waals surface area (Å²) in [6.45, 7) is 0. The van der Waals surface area contributed by atoms with E-state index >= 15 is 0 Å². The molecule has 0 spiro atoms. The number of fused-ring (bicyclic) bond motifs is 9. The van der Waals surface area contributed by atoms with E-state index in [2.05, 4.69) is 168 Å². The molecule has 0 saturated heterocycles. The summed E-state index contributed by atoms with van der Waals surface area (Å²) in [6, 6.07) is 64.5. The summed E-state index contributed by atoms with van der Waals surface area (Å²) in [5, 5.41) is 11.9. The number of benzene rings is 9. The summed E-state index contributed by atoms with van der Waals surface area (Å²) in [4.78, 5) is 15.5. The number of hydrogen-bond acceptors (Lipinski definition) is 3. The topological polar surface area (TPSA) is 43.6 Å². The highest BCUT2D eigenvalue weighted by Crippen LogP contribution is 2.39. The molecule has 4 nitrogen and oxygen atoms in total. The van der Waals surface area contributed by atoms with Crippen molar-refractivity contribution >= 4 is 64.9 Å². The van der Waals surface area contributed by atoms with Crippen molar-refractivity contribution < 1.29 is 0 Å². The highest BCUT2D eigenvalue weighted by atomic mass is 15.0. The van der Waals surface area contributed by atoms with Gasteiger partial charge in [-0.1, -0.05) is 152 Å². The first kappa shape index (κ1) is 29.5. The van der Waals surface area contributed by atoms with Crippen LogP contribution in [0.3, 0.4) is 0 Å². The second kappa shape index (κ2) is 11.7. The fraction of sp³-hybridized carbons (Fsp3) is 0. The van der Waals surface area contributed by atoms with E-state index in [9.17, 15) is 0 Å². The van der Waals surface area contributed by atoms with Crippen molar-refractivity contribution in [2.24, 2.45) is 0 Å². The van der Waals surface area contributed by atoms with Crippen LogP contribution in [-0.4, -0.2) is 19.5 Å². The zero-order valence-corrected chi connectivity index (χ0v) is 28.6. The summed E-state index contributed by atoms with van der Waals surface area (Å²) in [5.74, 6) is 1.94. The van der Waals surface area contributed by atoms with Gasteiger partial charge in [-0.2, -0.15) is 0 Å². The van der Waals surface area contributed by atoms with Crippen molar-refractivity contribution in [2.75, 3.05) is 0 Å². The van der Waals surface area contributed by atoms with Gasteiger partial charge in [-0.25, -0.2) is 15.0 Å². The molecule has 0 atom stereocenters. The van der Waals surface area contributed by atoms with Gasteiger partial charge in [-0.05, 0) is 68.0 Å². The Morgan fingerprint density at radius 1 is 0.321 bits per heavy atom. The number of aromatic nitrogens is 4. The number of rotatable bonds is 4. The summed E-state index contributed by atoms with van der Waals surface area (Å²) in [5.41, 5.74) is 6.39. The lowest BCUT2D eigenvalue weighted by Gasteiger charge is -2.14. The zero-order chi connectivity index (χ0) is 34.9. The van der Waals surface area contributed by atoms with E-state index in [0.717, 1.165) is 43.9 Å². The molecule has 53 heavy (non-hydrogen) atoms. The van der Waals surface area contributed by atoms with Gasteiger partial charge in [0.1, 0.15) is 0 Å². The average molecular weight is 675 g/mol. The monoisotopic (exact) mass is 674 g/mol. The molecule has 9 aromatic carbocycles. The second-order valence-electron chi connectivity index (χ2n) is 13.6. The number of hydrogen-bond donors (Lipinski definition) is 0. The van der Waals surface area contributed by atoms with Crippen molar-refractivity contribution in [3.05, 3.63) is 182 Å². The average Bonchev–Trinajstić information content (AvgIpc) is 3.57. The van der Waals surface area contributed by atoms with Crippen molar-refractivity contribution in [3.63, 3.8) is 0 Å². The third kappa shape index (κ3) is 4.66. The Morgan fingerprint density at radius 2 is 0.906 bits per heavy atom. The molecule has 11 aromatic rings. The lowest BCUT2D eigenvalue weighted by atomic mass is 9.93. The van der Waals surface area contributed by atoms with E-state index < -0.39 is 0 Å². The molecule has 2 aromatic heterocycles. The third-order valence-corrected chi connectivity index (χ3v) is 10.6. The molecule has 0 amide bonds. The maximum absolute atomic E-state index is 5.25. The van der Waals surface area contributed by atoms with Crippen LogP contribution < -0.4 is 0 Å². The van der Waals surface area contributed by atoms with Crippen molar-refractivity contribution in [1.29, 1.82) is 0 Å². The standard InChI is InChI=1S/C49H30N4/c1-2-14-32(15-3-1)47-50-48(52-49(51-47)42-30-34-26-25-31-13-4-5-17-37(31)46(34)41-21-7-6-18-38(41)42)35-27-28-36-33(29-35)16-12-24-43(36)53-44-22-10-8-19-39(44)40-20-9-11-23-45(40)53/h1-30H. The van der Waals surface area contributed by atoms with Crippen LogP contribution in [-0.2, 0) is 0 Å². The summed E-state index contributed by atoms with van der Waals surface area (Å²) in [6.07, 6.45) is 0. The Hall–Kier alpha value is -7.17. The highest BCUT2D eigenvalue weighted by Gasteiger charge is 2.18. The Labute approximate surface area is 305 Å². The second-order valence-corrected chi connectivity index (χ2v) is 13.6. The van der Waals surface area contributed by atoms with Gasteiger partial charge in [-0.3, -0.25) is 0 Å². The van der Waals surface area contributed by atoms with Crippen LogP contribution in [0.2, 0.25) is 0 Å². The first-order valence-electron chi connectivity index (χ1n) is 18.0. The number of para-hydroxylation sites is 2. The Balaban J connectivity index is 1.13. The molecule has 0 fully saturated rings. The highest BCUT2D eigenvalue weighted by molar-refractivity contribution is 6.23. The first-order chi connectivity index (χ1) is 26.3. The van der Waals surface area contributed by atoms with Gasteiger partial charge in [0.25, 0.3) is 0 Å². The lowest BCUT2D eigenvalue weighted by Crippen LogP contribution is -2.01. The maximum atomic E-state index is 5.25. The molecule has 0 aliphatic carbocycles. The zero-order valence-electron chi connectivity index (χ0n) is 28.6. The molecule has 0 bridgehead atoms. The molecule has 0 saturated carbocycles. The van der Waals surface area contributed by atoms with Gasteiger partial charge >= 0.3 is 0 Å². The predicted octanol–water partition coefficient (Wildman–Crippen LogP) is 12.6. The Kier molecular flexibility index (Phi) is 6.52. The van der Waals surface area contributed by atoms with Crippen molar-refractivity contribution in [2.45, 2.75) is 0 Å². The maximum Gasteiger partial charge on any atom is 0.164 e. The molecule has 11 rings (SSSR count). The molecular weight excluding hydrogens is 645 g/mol. The van der Waals surface area contributed by atoms with Gasteiger partial charge < -0.3 is 4.57 Å². The first-order valence-corrected chi connectivity index (χ1v) is 18.0. The summed E-state index contributed by atoms with van der Waals surface area (Å²) in [7, 11) is 0. The Bertz CT molecular complexity index is 3180. The van der Waals surface area contributed by atoms with Gasteiger partial charge in [0.2, 0.25) is 0 Å². The molecule has 0 aliphatic heterocycles. The van der Waals surface area contributed by atoms with Crippen LogP contribution in [0.1, 0.15) is 0 Å². The van der Waals surface area contributed by atoms with E-state index in [1.807, 2.05) is 18.2 Å². The van der Waals surface area contributed by atoms with E-state index in [1.165, 1.54) is 43.4 Å². The van der Waals surface area contributed by atoms with Crippen molar-refractivity contribution in [3.8, 4) is 39.9 Å². The molecule has 0 N–H and O–H groups in total. The molecule has 0 aliphatic rings. The van der Waals surface area contributed by atoms with Crippen molar-refractivity contribution in [1.82, 2.24) is 19.5 Å². The molecular formula is C49H30N4. The summed E-state index contributed by atoms with van der Waals surface area (Å²) >= 11 is 0. The van der Waals surface area contributed by atoms with Crippen LogP contribution >= 0.6 is 0 Å². The van der Waals surface area contributed by atoms with Crippen LogP contribution in [0.5, 0.6) is 0 Å². The largest absolute Gasteiger partial charge is 0.309 e. The molecule has 4 heteroatoms. The minimum Gasteiger partial charge on any atom is -0.309 e. The molecule has 2 heterocycles. The quantitative estimate of drug-likeness (QED) is 0.175. The SMILES string of the molecule is c1ccc(-c2nc(-c3ccc4c(-n5c6ccccc6c6ccccc65)cccc4c3)nc(-c3cc4ccc5ccccc5c4c4ccccc34)n2)cc1. The van der Waals surface area contributed by atoms with Crippen LogP contribution in [0, 0.1) is 0 Å². The smallest absolute Gasteiger partial charge is 0.164 e. The number of nitrogens with zero attached hydrogens (tertiary/aromatic N) is 4. The van der Waals surface area contributed by atoms with Gasteiger partial charge in [0.15, 0.2) is 17.5 Å². The fourth-order valence-corrected chi connectivity index (χ4v) is 8.19. The normalized spacial score (nSPS) is 11.8. The lowest BCUT2D eigenvalue weighted by molar-refractivity contribution is 1.08. The van der Waals surface area contributed by atoms with Crippen LogP contribution in [0.15, 0.2) is 182 Å². The minimum absolute atomic E-state index is 0.640. The van der Waals surface area contributed by atoms with E-state index in [1.54, 1.807) is 0 Å².